The van der Waals surface area contributed by atoms with E-state index in [0.717, 1.165) is 12.0 Å². The molecule has 2 rings (SSSR count). The Morgan fingerprint density at radius 3 is 2.14 bits per heavy atom. The van der Waals surface area contributed by atoms with E-state index < -0.39 is 0 Å². The van der Waals surface area contributed by atoms with Crippen LogP contribution in [0.2, 0.25) is 0 Å². The van der Waals surface area contributed by atoms with Gasteiger partial charge in [0.05, 0.1) is 20.3 Å². The van der Waals surface area contributed by atoms with Crippen molar-refractivity contribution >= 4 is 5.91 Å². The topological polar surface area (TPSA) is 47.6 Å². The van der Waals surface area contributed by atoms with Gasteiger partial charge < -0.3 is 14.8 Å². The number of carbonyl (C=O) groups excluding carboxylic acids is 1. The van der Waals surface area contributed by atoms with Gasteiger partial charge in [0.25, 0.3) is 5.91 Å². The average Bonchev–Trinajstić information content (AvgIpc) is 2.59. The van der Waals surface area contributed by atoms with E-state index in [1.165, 1.54) is 0 Å². The molecule has 0 saturated carbocycles. The van der Waals surface area contributed by atoms with Gasteiger partial charge in [0, 0.05) is 11.6 Å². The number of ether oxygens (including phenoxy) is 2. The van der Waals surface area contributed by atoms with E-state index >= 15 is 0 Å². The van der Waals surface area contributed by atoms with E-state index in [9.17, 15) is 4.79 Å². The first-order chi connectivity index (χ1) is 10.7. The summed E-state index contributed by atoms with van der Waals surface area (Å²) in [7, 11) is 3.13. The minimum Gasteiger partial charge on any atom is -0.497 e. The smallest absolute Gasteiger partial charge is 0.252 e. The summed E-state index contributed by atoms with van der Waals surface area (Å²) in [5.74, 6) is 1.04. The molecular weight excluding hydrogens is 278 g/mol. The molecule has 1 atom stereocenters. The Morgan fingerprint density at radius 1 is 1.05 bits per heavy atom. The van der Waals surface area contributed by atoms with Gasteiger partial charge in [-0.15, -0.1) is 0 Å². The monoisotopic (exact) mass is 299 g/mol. The summed E-state index contributed by atoms with van der Waals surface area (Å²) in [6, 6.07) is 15.1. The molecule has 0 spiro atoms. The molecule has 0 unspecified atom stereocenters. The maximum Gasteiger partial charge on any atom is 0.252 e. The molecule has 1 N–H and O–H groups in total. The highest BCUT2D eigenvalue weighted by atomic mass is 16.5. The molecule has 0 radical (unpaired) electrons. The van der Waals surface area contributed by atoms with Gasteiger partial charge >= 0.3 is 0 Å². The van der Waals surface area contributed by atoms with Gasteiger partial charge in [-0.05, 0) is 24.1 Å². The fraction of sp³-hybridized carbons (Fsp3) is 0.278. The second-order valence-corrected chi connectivity index (χ2v) is 4.95. The number of carbonyl (C=O) groups is 1. The number of nitrogens with one attached hydrogen (secondary N) is 1. The van der Waals surface area contributed by atoms with Crippen LogP contribution in [0.15, 0.2) is 48.5 Å². The molecular formula is C18H21NO3. The van der Waals surface area contributed by atoms with Crippen molar-refractivity contribution in [2.75, 3.05) is 14.2 Å². The molecule has 4 heteroatoms. The summed E-state index contributed by atoms with van der Waals surface area (Å²) < 4.78 is 10.4. The molecule has 0 heterocycles. The lowest BCUT2D eigenvalue weighted by molar-refractivity contribution is 0.0935. The van der Waals surface area contributed by atoms with Crippen molar-refractivity contribution in [2.24, 2.45) is 0 Å². The van der Waals surface area contributed by atoms with E-state index in [4.69, 9.17) is 9.47 Å². The fourth-order valence-corrected chi connectivity index (χ4v) is 2.29. The van der Waals surface area contributed by atoms with Crippen LogP contribution in [0.4, 0.5) is 0 Å². The normalized spacial score (nSPS) is 11.6. The number of hydrogen-bond acceptors (Lipinski definition) is 3. The number of hydrogen-bond donors (Lipinski definition) is 1. The Hall–Kier alpha value is -2.49. The number of methoxy groups -OCH3 is 2. The highest BCUT2D eigenvalue weighted by molar-refractivity contribution is 5.95. The lowest BCUT2D eigenvalue weighted by Gasteiger charge is -2.18. The Kier molecular flexibility index (Phi) is 5.42. The Bertz CT molecular complexity index is 603. The molecule has 0 saturated heterocycles. The molecule has 0 fully saturated rings. The van der Waals surface area contributed by atoms with Crippen molar-refractivity contribution < 1.29 is 14.3 Å². The predicted octanol–water partition coefficient (Wildman–Crippen LogP) is 3.58. The van der Waals surface area contributed by atoms with Crippen LogP contribution in [-0.4, -0.2) is 20.1 Å². The van der Waals surface area contributed by atoms with Crippen LogP contribution in [0.1, 0.15) is 35.3 Å². The van der Waals surface area contributed by atoms with Gasteiger partial charge in [0.2, 0.25) is 0 Å². The molecule has 0 aliphatic carbocycles. The molecule has 2 aromatic rings. The Balaban J connectivity index is 2.20. The van der Waals surface area contributed by atoms with E-state index in [1.54, 1.807) is 32.4 Å². The van der Waals surface area contributed by atoms with Crippen LogP contribution in [0.3, 0.4) is 0 Å². The number of amides is 1. The zero-order valence-corrected chi connectivity index (χ0v) is 13.1. The fourth-order valence-electron chi connectivity index (χ4n) is 2.29. The second kappa shape index (κ2) is 7.50. The van der Waals surface area contributed by atoms with Crippen molar-refractivity contribution in [1.82, 2.24) is 5.32 Å². The van der Waals surface area contributed by atoms with Crippen LogP contribution in [0, 0.1) is 0 Å². The second-order valence-electron chi connectivity index (χ2n) is 4.95. The highest BCUT2D eigenvalue weighted by Crippen LogP contribution is 2.23. The lowest BCUT2D eigenvalue weighted by atomic mass is 10.0. The lowest BCUT2D eigenvalue weighted by Crippen LogP contribution is -2.28. The van der Waals surface area contributed by atoms with Crippen LogP contribution in [-0.2, 0) is 0 Å². The molecule has 116 valence electrons. The van der Waals surface area contributed by atoms with Gasteiger partial charge in [-0.3, -0.25) is 4.79 Å². The van der Waals surface area contributed by atoms with Crippen molar-refractivity contribution in [3.63, 3.8) is 0 Å². The molecule has 0 aliphatic rings. The molecule has 0 aliphatic heterocycles. The molecule has 4 nitrogen and oxygen atoms in total. The third-order valence-corrected chi connectivity index (χ3v) is 3.53. The molecule has 1 amide bonds. The Morgan fingerprint density at radius 2 is 1.64 bits per heavy atom. The summed E-state index contributed by atoms with van der Waals surface area (Å²) >= 11 is 0. The van der Waals surface area contributed by atoms with Crippen molar-refractivity contribution in [3.05, 3.63) is 59.7 Å². The van der Waals surface area contributed by atoms with Crippen LogP contribution < -0.4 is 14.8 Å². The van der Waals surface area contributed by atoms with Crippen LogP contribution >= 0.6 is 0 Å². The largest absolute Gasteiger partial charge is 0.497 e. The first-order valence-corrected chi connectivity index (χ1v) is 7.26. The van der Waals surface area contributed by atoms with E-state index in [2.05, 4.69) is 5.32 Å². The first kappa shape index (κ1) is 15.9. The zero-order chi connectivity index (χ0) is 15.9. The zero-order valence-electron chi connectivity index (χ0n) is 13.1. The van der Waals surface area contributed by atoms with E-state index in [1.807, 2.05) is 37.3 Å². The van der Waals surface area contributed by atoms with Gasteiger partial charge in [0.15, 0.2) is 0 Å². The van der Waals surface area contributed by atoms with Gasteiger partial charge in [-0.25, -0.2) is 0 Å². The van der Waals surface area contributed by atoms with Gasteiger partial charge in [-0.2, -0.15) is 0 Å². The molecule has 0 bridgehead atoms. The quantitative estimate of drug-likeness (QED) is 0.887. The third-order valence-electron chi connectivity index (χ3n) is 3.53. The van der Waals surface area contributed by atoms with Crippen LogP contribution in [0.5, 0.6) is 11.5 Å². The summed E-state index contributed by atoms with van der Waals surface area (Å²) in [6.07, 6.45) is 0.816. The minimum atomic E-state index is -0.145. The first-order valence-electron chi connectivity index (χ1n) is 7.26. The summed E-state index contributed by atoms with van der Waals surface area (Å²) in [4.78, 5) is 12.5. The van der Waals surface area contributed by atoms with Crippen molar-refractivity contribution in [3.8, 4) is 11.5 Å². The summed E-state index contributed by atoms with van der Waals surface area (Å²) in [6.45, 7) is 2.05. The van der Waals surface area contributed by atoms with E-state index in [0.29, 0.717) is 17.1 Å². The predicted molar refractivity (Wildman–Crippen MR) is 86.5 cm³/mol. The Labute approximate surface area is 131 Å². The summed E-state index contributed by atoms with van der Waals surface area (Å²) in [5, 5.41) is 3.05. The number of benzene rings is 2. The average molecular weight is 299 g/mol. The molecule has 2 aromatic carbocycles. The standard InChI is InChI=1S/C18H21NO3/c1-4-17(13-8-6-5-7-9-13)19-18(20)14-10-15(21-2)12-16(11-14)22-3/h5-12,17H,4H2,1-3H3,(H,19,20)/t17-/m0/s1. The van der Waals surface area contributed by atoms with Crippen molar-refractivity contribution in [1.29, 1.82) is 0 Å². The highest BCUT2D eigenvalue weighted by Gasteiger charge is 2.15. The van der Waals surface area contributed by atoms with Crippen molar-refractivity contribution in [2.45, 2.75) is 19.4 Å². The van der Waals surface area contributed by atoms with Gasteiger partial charge in [0.1, 0.15) is 11.5 Å². The van der Waals surface area contributed by atoms with Gasteiger partial charge in [-0.1, -0.05) is 37.3 Å². The molecule has 0 aromatic heterocycles. The maximum atomic E-state index is 12.5. The SMILES string of the molecule is CC[C@H](NC(=O)c1cc(OC)cc(OC)c1)c1ccccc1. The van der Waals surface area contributed by atoms with E-state index in [-0.39, 0.29) is 11.9 Å². The third kappa shape index (κ3) is 3.79. The maximum absolute atomic E-state index is 12.5. The summed E-state index contributed by atoms with van der Waals surface area (Å²) in [5.41, 5.74) is 1.61. The number of rotatable bonds is 6. The van der Waals surface area contributed by atoms with Crippen LogP contribution in [0.25, 0.3) is 0 Å². The minimum absolute atomic E-state index is 0.0223. The molecule has 22 heavy (non-hydrogen) atoms.